The quantitative estimate of drug-likeness (QED) is 0.337. The molecule has 2 aromatic carbocycles. The van der Waals surface area contributed by atoms with Gasteiger partial charge in [0.05, 0.1) is 33.9 Å². The van der Waals surface area contributed by atoms with Crippen LogP contribution in [0.15, 0.2) is 54.7 Å². The van der Waals surface area contributed by atoms with E-state index in [9.17, 15) is 24.5 Å². The van der Waals surface area contributed by atoms with Gasteiger partial charge in [0.15, 0.2) is 6.10 Å². The normalized spacial score (nSPS) is 11.4. The van der Waals surface area contributed by atoms with E-state index in [0.29, 0.717) is 16.6 Å². The Morgan fingerprint density at radius 3 is 2.50 bits per heavy atom. The van der Waals surface area contributed by atoms with Crippen LogP contribution in [0.2, 0.25) is 0 Å². The monoisotopic (exact) mass is 437 g/mol. The van der Waals surface area contributed by atoms with Gasteiger partial charge >= 0.3 is 11.9 Å². The van der Waals surface area contributed by atoms with Crippen molar-refractivity contribution in [2.75, 3.05) is 11.9 Å². The standard InChI is InChI=1S/C22H19N3O7/c1-3-31-21(27)14-10-15(12-16(11-14)25(29)30)22(28)32-13(2)20(26)24-19-8-4-7-18-17(19)6-5-9-23-18/h4-13H,3H2,1-2H3,(H,24,26). The lowest BCUT2D eigenvalue weighted by Gasteiger charge is -2.15. The third-order valence-corrected chi connectivity index (χ3v) is 4.43. The summed E-state index contributed by atoms with van der Waals surface area (Å²) in [5, 5.41) is 14.6. The minimum absolute atomic E-state index is 0.0577. The van der Waals surface area contributed by atoms with E-state index in [1.165, 1.54) is 6.92 Å². The number of carbonyl (C=O) groups excluding carboxylic acids is 3. The highest BCUT2D eigenvalue weighted by Gasteiger charge is 2.23. The summed E-state index contributed by atoms with van der Waals surface area (Å²) in [7, 11) is 0. The van der Waals surface area contributed by atoms with Crippen LogP contribution in [-0.4, -0.2) is 40.5 Å². The summed E-state index contributed by atoms with van der Waals surface area (Å²) in [4.78, 5) is 51.7. The Morgan fingerprint density at radius 2 is 1.81 bits per heavy atom. The van der Waals surface area contributed by atoms with Crippen molar-refractivity contribution in [2.24, 2.45) is 0 Å². The molecular formula is C22H19N3O7. The van der Waals surface area contributed by atoms with Gasteiger partial charge in [0.2, 0.25) is 0 Å². The molecule has 3 rings (SSSR count). The summed E-state index contributed by atoms with van der Waals surface area (Å²) in [6, 6.07) is 11.8. The summed E-state index contributed by atoms with van der Waals surface area (Å²) in [5.41, 5.74) is 0.258. The maximum atomic E-state index is 12.6. The number of carbonyl (C=O) groups is 3. The first kappa shape index (κ1) is 22.3. The van der Waals surface area contributed by atoms with Crippen LogP contribution in [0.4, 0.5) is 11.4 Å². The maximum Gasteiger partial charge on any atom is 0.339 e. The number of non-ortho nitro benzene ring substituents is 1. The van der Waals surface area contributed by atoms with Crippen molar-refractivity contribution < 1.29 is 28.8 Å². The first-order valence-electron chi connectivity index (χ1n) is 9.62. The zero-order chi connectivity index (χ0) is 23.3. The molecule has 0 saturated carbocycles. The Balaban J connectivity index is 1.77. The number of benzene rings is 2. The van der Waals surface area contributed by atoms with Gasteiger partial charge in [-0.3, -0.25) is 19.9 Å². The number of rotatable bonds is 7. The van der Waals surface area contributed by atoms with Gasteiger partial charge in [-0.1, -0.05) is 6.07 Å². The van der Waals surface area contributed by atoms with Gasteiger partial charge in [-0.2, -0.15) is 0 Å². The van der Waals surface area contributed by atoms with Crippen LogP contribution in [0.1, 0.15) is 34.6 Å². The smallest absolute Gasteiger partial charge is 0.339 e. The number of nitrogens with zero attached hydrogens (tertiary/aromatic N) is 2. The second kappa shape index (κ2) is 9.65. The number of nitro groups is 1. The molecule has 164 valence electrons. The summed E-state index contributed by atoms with van der Waals surface area (Å²) < 4.78 is 10.0. The van der Waals surface area contributed by atoms with Gasteiger partial charge in [0.25, 0.3) is 11.6 Å². The van der Waals surface area contributed by atoms with Crippen LogP contribution in [0.5, 0.6) is 0 Å². The van der Waals surface area contributed by atoms with E-state index in [2.05, 4.69) is 10.3 Å². The third-order valence-electron chi connectivity index (χ3n) is 4.43. The SMILES string of the molecule is CCOC(=O)c1cc(C(=O)OC(C)C(=O)Nc2cccc3ncccc23)cc([N+](=O)[O-])c1. The highest BCUT2D eigenvalue weighted by Crippen LogP contribution is 2.22. The van der Waals surface area contributed by atoms with E-state index >= 15 is 0 Å². The Hall–Kier alpha value is -4.34. The molecule has 0 fully saturated rings. The lowest BCUT2D eigenvalue weighted by atomic mass is 10.1. The van der Waals surface area contributed by atoms with Gasteiger partial charge in [-0.25, -0.2) is 9.59 Å². The first-order chi connectivity index (χ1) is 15.3. The molecule has 0 radical (unpaired) electrons. The van der Waals surface area contributed by atoms with Gasteiger partial charge in [-0.05, 0) is 44.2 Å². The molecule has 1 N–H and O–H groups in total. The number of hydrogen-bond donors (Lipinski definition) is 1. The number of aromatic nitrogens is 1. The molecule has 1 atom stereocenters. The molecule has 32 heavy (non-hydrogen) atoms. The molecule has 0 saturated heterocycles. The Bertz CT molecular complexity index is 1200. The summed E-state index contributed by atoms with van der Waals surface area (Å²) >= 11 is 0. The molecule has 10 heteroatoms. The third kappa shape index (κ3) is 5.04. The van der Waals surface area contributed by atoms with E-state index in [1.54, 1.807) is 43.5 Å². The second-order valence-electron chi connectivity index (χ2n) is 6.66. The van der Waals surface area contributed by atoms with Crippen molar-refractivity contribution in [3.05, 3.63) is 76.0 Å². The number of nitro benzene ring substituents is 1. The molecule has 1 aromatic heterocycles. The summed E-state index contributed by atoms with van der Waals surface area (Å²) in [6.07, 6.45) is 0.404. The van der Waals surface area contributed by atoms with Gasteiger partial charge in [0, 0.05) is 23.7 Å². The zero-order valence-corrected chi connectivity index (χ0v) is 17.2. The van der Waals surface area contributed by atoms with E-state index in [4.69, 9.17) is 9.47 Å². The highest BCUT2D eigenvalue weighted by molar-refractivity contribution is 6.03. The molecule has 0 aliphatic carbocycles. The van der Waals surface area contributed by atoms with Crippen molar-refractivity contribution in [1.29, 1.82) is 0 Å². The van der Waals surface area contributed by atoms with Crippen molar-refractivity contribution in [3.8, 4) is 0 Å². The largest absolute Gasteiger partial charge is 0.462 e. The van der Waals surface area contributed by atoms with E-state index < -0.39 is 34.6 Å². The summed E-state index contributed by atoms with van der Waals surface area (Å²) in [6.45, 7) is 3.00. The molecule has 0 aliphatic rings. The number of pyridine rings is 1. The number of fused-ring (bicyclic) bond motifs is 1. The molecule has 3 aromatic rings. The first-order valence-corrected chi connectivity index (χ1v) is 9.62. The molecule has 0 bridgehead atoms. The van der Waals surface area contributed by atoms with Crippen LogP contribution < -0.4 is 5.32 Å². The number of hydrogen-bond acceptors (Lipinski definition) is 8. The minimum atomic E-state index is -1.22. The molecule has 1 amide bonds. The number of amides is 1. The fourth-order valence-electron chi connectivity index (χ4n) is 2.90. The Morgan fingerprint density at radius 1 is 1.09 bits per heavy atom. The number of esters is 2. The number of anilines is 1. The van der Waals surface area contributed by atoms with E-state index in [-0.39, 0.29) is 17.7 Å². The molecule has 0 aliphatic heterocycles. The minimum Gasteiger partial charge on any atom is -0.462 e. The Kier molecular flexibility index (Phi) is 6.74. The highest BCUT2D eigenvalue weighted by atomic mass is 16.6. The van der Waals surface area contributed by atoms with Crippen molar-refractivity contribution in [3.63, 3.8) is 0 Å². The predicted molar refractivity (Wildman–Crippen MR) is 114 cm³/mol. The lowest BCUT2D eigenvalue weighted by molar-refractivity contribution is -0.384. The van der Waals surface area contributed by atoms with Gasteiger partial charge in [0.1, 0.15) is 0 Å². The van der Waals surface area contributed by atoms with E-state index in [0.717, 1.165) is 18.2 Å². The van der Waals surface area contributed by atoms with Crippen molar-refractivity contribution >= 4 is 40.1 Å². The molecule has 1 heterocycles. The van der Waals surface area contributed by atoms with Gasteiger partial charge in [-0.15, -0.1) is 0 Å². The fourth-order valence-corrected chi connectivity index (χ4v) is 2.90. The molecule has 0 spiro atoms. The van der Waals surface area contributed by atoms with Crippen LogP contribution in [0.25, 0.3) is 10.9 Å². The van der Waals surface area contributed by atoms with Gasteiger partial charge < -0.3 is 14.8 Å². The van der Waals surface area contributed by atoms with Crippen molar-refractivity contribution in [2.45, 2.75) is 20.0 Å². The number of nitrogens with one attached hydrogen (secondary N) is 1. The zero-order valence-electron chi connectivity index (χ0n) is 17.2. The van der Waals surface area contributed by atoms with Crippen LogP contribution in [-0.2, 0) is 14.3 Å². The fraction of sp³-hybridized carbons (Fsp3) is 0.182. The maximum absolute atomic E-state index is 12.6. The average molecular weight is 437 g/mol. The predicted octanol–water partition coefficient (Wildman–Crippen LogP) is 3.50. The summed E-state index contributed by atoms with van der Waals surface area (Å²) in [5.74, 6) is -2.42. The lowest BCUT2D eigenvalue weighted by Crippen LogP contribution is -2.30. The van der Waals surface area contributed by atoms with Crippen LogP contribution in [0.3, 0.4) is 0 Å². The molecular weight excluding hydrogens is 418 g/mol. The second-order valence-corrected chi connectivity index (χ2v) is 6.66. The topological polar surface area (TPSA) is 138 Å². The average Bonchev–Trinajstić information content (AvgIpc) is 2.79. The van der Waals surface area contributed by atoms with Crippen LogP contribution in [0, 0.1) is 10.1 Å². The Labute approximate surface area is 182 Å². The van der Waals surface area contributed by atoms with Crippen LogP contribution >= 0.6 is 0 Å². The number of ether oxygens (including phenoxy) is 2. The van der Waals surface area contributed by atoms with E-state index in [1.807, 2.05) is 0 Å². The molecule has 1 unspecified atom stereocenters. The molecule has 10 nitrogen and oxygen atoms in total. The van der Waals surface area contributed by atoms with Crippen molar-refractivity contribution in [1.82, 2.24) is 4.98 Å².